The molecule has 0 heterocycles. The van der Waals surface area contributed by atoms with Crippen molar-refractivity contribution < 1.29 is 19.8 Å². The zero-order chi connectivity index (χ0) is 12.0. The molecule has 4 nitrogen and oxygen atoms in total. The Labute approximate surface area is 95.0 Å². The molecule has 0 aromatic carbocycles. The monoisotopic (exact) mass is 226 g/mol. The molecule has 0 radical (unpaired) electrons. The average molecular weight is 226 g/mol. The Balaban J connectivity index is 2.43. The second-order valence-corrected chi connectivity index (χ2v) is 4.36. The molecule has 2 N–H and O–H groups in total. The molecule has 1 fully saturated rings. The maximum atomic E-state index is 10.8. The van der Waals surface area contributed by atoms with Gasteiger partial charge in [0.2, 0.25) is 0 Å². The highest BCUT2D eigenvalue weighted by atomic mass is 16.4. The standard InChI is InChI=1S/C12H18O4/c13-11(14)8-10(12(15)16)7-6-9-4-2-1-3-5-9/h8-9H,1-7H2,(H,13,14)(H,15,16). The topological polar surface area (TPSA) is 74.6 Å². The number of rotatable bonds is 5. The van der Waals surface area contributed by atoms with E-state index in [0.29, 0.717) is 12.3 Å². The highest BCUT2D eigenvalue weighted by Crippen LogP contribution is 2.28. The number of carbonyl (C=O) groups is 2. The Morgan fingerprint density at radius 3 is 2.25 bits per heavy atom. The summed E-state index contributed by atoms with van der Waals surface area (Å²) in [7, 11) is 0. The fourth-order valence-corrected chi connectivity index (χ4v) is 2.23. The maximum Gasteiger partial charge on any atom is 0.331 e. The summed E-state index contributed by atoms with van der Waals surface area (Å²) in [6.07, 6.45) is 7.99. The molecule has 1 aliphatic carbocycles. The molecule has 4 heteroatoms. The normalized spacial score (nSPS) is 18.4. The van der Waals surface area contributed by atoms with Gasteiger partial charge in [-0.1, -0.05) is 32.1 Å². The first kappa shape index (κ1) is 12.7. The van der Waals surface area contributed by atoms with Crippen molar-refractivity contribution in [2.75, 3.05) is 0 Å². The van der Waals surface area contributed by atoms with E-state index in [1.165, 1.54) is 19.3 Å². The van der Waals surface area contributed by atoms with Crippen LogP contribution in [0.25, 0.3) is 0 Å². The van der Waals surface area contributed by atoms with E-state index >= 15 is 0 Å². The van der Waals surface area contributed by atoms with Crippen molar-refractivity contribution in [3.63, 3.8) is 0 Å². The molecule has 0 aliphatic heterocycles. The minimum Gasteiger partial charge on any atom is -0.478 e. The van der Waals surface area contributed by atoms with Crippen LogP contribution in [-0.4, -0.2) is 22.2 Å². The fraction of sp³-hybridized carbons (Fsp3) is 0.667. The molecular weight excluding hydrogens is 208 g/mol. The number of carboxylic acid groups (broad SMARTS) is 2. The van der Waals surface area contributed by atoms with Crippen LogP contribution in [0.2, 0.25) is 0 Å². The molecule has 0 bridgehead atoms. The molecule has 0 saturated heterocycles. The summed E-state index contributed by atoms with van der Waals surface area (Å²) in [4.78, 5) is 21.2. The Morgan fingerprint density at radius 2 is 1.75 bits per heavy atom. The van der Waals surface area contributed by atoms with Gasteiger partial charge in [-0.25, -0.2) is 9.59 Å². The van der Waals surface area contributed by atoms with Gasteiger partial charge in [-0.3, -0.25) is 0 Å². The van der Waals surface area contributed by atoms with Gasteiger partial charge in [-0.05, 0) is 18.8 Å². The summed E-state index contributed by atoms with van der Waals surface area (Å²) in [5.74, 6) is -1.72. The third-order valence-corrected chi connectivity index (χ3v) is 3.12. The van der Waals surface area contributed by atoms with Gasteiger partial charge in [0.25, 0.3) is 0 Å². The van der Waals surface area contributed by atoms with Crippen LogP contribution in [0.4, 0.5) is 0 Å². The maximum absolute atomic E-state index is 10.8. The lowest BCUT2D eigenvalue weighted by atomic mass is 9.85. The molecule has 1 rings (SSSR count). The first-order valence-corrected chi connectivity index (χ1v) is 5.76. The average Bonchev–Trinajstić information content (AvgIpc) is 2.25. The number of carboxylic acids is 2. The summed E-state index contributed by atoms with van der Waals surface area (Å²) < 4.78 is 0. The summed E-state index contributed by atoms with van der Waals surface area (Å²) in [5, 5.41) is 17.4. The van der Waals surface area contributed by atoms with Crippen LogP contribution in [0.5, 0.6) is 0 Å². The number of hydrogen-bond donors (Lipinski definition) is 2. The predicted octanol–water partition coefficient (Wildman–Crippen LogP) is 2.44. The molecular formula is C12H18O4. The smallest absolute Gasteiger partial charge is 0.331 e. The van der Waals surface area contributed by atoms with Crippen molar-refractivity contribution in [2.24, 2.45) is 5.92 Å². The van der Waals surface area contributed by atoms with Gasteiger partial charge in [-0.2, -0.15) is 0 Å². The largest absolute Gasteiger partial charge is 0.478 e. The van der Waals surface area contributed by atoms with Crippen LogP contribution < -0.4 is 0 Å². The lowest BCUT2D eigenvalue weighted by Crippen LogP contribution is -2.09. The quantitative estimate of drug-likeness (QED) is 0.706. The molecule has 0 aromatic rings. The van der Waals surface area contributed by atoms with Gasteiger partial charge in [0.15, 0.2) is 0 Å². The van der Waals surface area contributed by atoms with E-state index in [2.05, 4.69) is 0 Å². The molecule has 0 aromatic heterocycles. The Kier molecular flexibility index (Phi) is 5.02. The Bertz CT molecular complexity index is 287. The Morgan fingerprint density at radius 1 is 1.12 bits per heavy atom. The first-order valence-electron chi connectivity index (χ1n) is 5.76. The van der Waals surface area contributed by atoms with E-state index < -0.39 is 11.9 Å². The van der Waals surface area contributed by atoms with E-state index in [9.17, 15) is 9.59 Å². The zero-order valence-corrected chi connectivity index (χ0v) is 9.32. The van der Waals surface area contributed by atoms with Crippen LogP contribution in [0.15, 0.2) is 11.6 Å². The third kappa shape index (κ3) is 4.47. The number of hydrogen-bond acceptors (Lipinski definition) is 2. The molecule has 0 atom stereocenters. The van der Waals surface area contributed by atoms with Crippen LogP contribution in [0.1, 0.15) is 44.9 Å². The zero-order valence-electron chi connectivity index (χ0n) is 9.32. The van der Waals surface area contributed by atoms with Crippen LogP contribution in [0, 0.1) is 5.92 Å². The van der Waals surface area contributed by atoms with E-state index in [0.717, 1.165) is 25.3 Å². The van der Waals surface area contributed by atoms with Crippen molar-refractivity contribution >= 4 is 11.9 Å². The summed E-state index contributed by atoms with van der Waals surface area (Å²) >= 11 is 0. The summed E-state index contributed by atoms with van der Waals surface area (Å²) in [6, 6.07) is 0. The Hall–Kier alpha value is -1.32. The van der Waals surface area contributed by atoms with Crippen molar-refractivity contribution in [2.45, 2.75) is 44.9 Å². The van der Waals surface area contributed by atoms with Crippen molar-refractivity contribution in [3.05, 3.63) is 11.6 Å². The molecule has 16 heavy (non-hydrogen) atoms. The second kappa shape index (κ2) is 6.30. The first-order chi connectivity index (χ1) is 7.59. The molecule has 0 amide bonds. The van der Waals surface area contributed by atoms with Gasteiger partial charge in [0.1, 0.15) is 0 Å². The SMILES string of the molecule is O=C(O)C=C(CCC1CCCCC1)C(=O)O. The van der Waals surface area contributed by atoms with Crippen molar-refractivity contribution in [1.29, 1.82) is 0 Å². The highest BCUT2D eigenvalue weighted by molar-refractivity contribution is 5.94. The van der Waals surface area contributed by atoms with Gasteiger partial charge in [-0.15, -0.1) is 0 Å². The van der Waals surface area contributed by atoms with Crippen LogP contribution in [0.3, 0.4) is 0 Å². The molecule has 1 aliphatic rings. The molecule has 1 saturated carbocycles. The van der Waals surface area contributed by atoms with Gasteiger partial charge in [0, 0.05) is 11.6 Å². The highest BCUT2D eigenvalue weighted by Gasteiger charge is 2.16. The van der Waals surface area contributed by atoms with E-state index in [4.69, 9.17) is 10.2 Å². The molecule has 90 valence electrons. The third-order valence-electron chi connectivity index (χ3n) is 3.12. The van der Waals surface area contributed by atoms with Crippen LogP contribution in [-0.2, 0) is 9.59 Å². The minimum absolute atomic E-state index is 0.0121. The van der Waals surface area contributed by atoms with Gasteiger partial charge in [0.05, 0.1) is 0 Å². The lowest BCUT2D eigenvalue weighted by Gasteiger charge is -2.21. The van der Waals surface area contributed by atoms with Gasteiger partial charge < -0.3 is 10.2 Å². The predicted molar refractivity (Wildman–Crippen MR) is 59.2 cm³/mol. The minimum atomic E-state index is -1.18. The van der Waals surface area contributed by atoms with E-state index in [1.54, 1.807) is 0 Å². The lowest BCUT2D eigenvalue weighted by molar-refractivity contribution is -0.135. The molecule has 0 spiro atoms. The van der Waals surface area contributed by atoms with Crippen LogP contribution >= 0.6 is 0 Å². The van der Waals surface area contributed by atoms with E-state index in [1.807, 2.05) is 0 Å². The number of aliphatic carboxylic acids is 2. The fourth-order valence-electron chi connectivity index (χ4n) is 2.23. The summed E-state index contributed by atoms with van der Waals surface area (Å²) in [6.45, 7) is 0. The van der Waals surface area contributed by atoms with Crippen molar-refractivity contribution in [3.8, 4) is 0 Å². The summed E-state index contributed by atoms with van der Waals surface area (Å²) in [5.41, 5.74) is 0.0121. The molecule has 0 unspecified atom stereocenters. The second-order valence-electron chi connectivity index (χ2n) is 4.36. The van der Waals surface area contributed by atoms with E-state index in [-0.39, 0.29) is 5.57 Å². The van der Waals surface area contributed by atoms with Gasteiger partial charge >= 0.3 is 11.9 Å². The van der Waals surface area contributed by atoms with Crippen molar-refractivity contribution in [1.82, 2.24) is 0 Å².